The monoisotopic (exact) mass is 357 g/mol. The van der Waals surface area contributed by atoms with Crippen molar-refractivity contribution in [2.45, 2.75) is 56.8 Å². The van der Waals surface area contributed by atoms with Crippen molar-refractivity contribution < 1.29 is 17.6 Å². The van der Waals surface area contributed by atoms with E-state index in [1.165, 1.54) is 12.1 Å². The molecule has 0 aromatic heterocycles. The van der Waals surface area contributed by atoms with Crippen molar-refractivity contribution in [3.63, 3.8) is 0 Å². The normalized spacial score (nSPS) is 14.5. The van der Waals surface area contributed by atoms with Crippen LogP contribution in [0.5, 0.6) is 0 Å². The molecule has 0 saturated carbocycles. The van der Waals surface area contributed by atoms with Crippen LogP contribution in [0.4, 0.5) is 0 Å². The summed E-state index contributed by atoms with van der Waals surface area (Å²) in [6, 6.07) is 5.59. The quantitative estimate of drug-likeness (QED) is 0.601. The number of carbonyl (C=O) groups is 1. The van der Waals surface area contributed by atoms with E-state index in [0.29, 0.717) is 6.29 Å². The van der Waals surface area contributed by atoms with Crippen molar-refractivity contribution in [1.29, 1.82) is 0 Å². The van der Waals surface area contributed by atoms with E-state index in [4.69, 9.17) is 4.43 Å². The number of carbonyl (C=O) groups excluding carboxylic acids is 1. The largest absolute Gasteiger partial charge is 0.415 e. The lowest BCUT2D eigenvalue weighted by molar-refractivity contribution is -0.109. The van der Waals surface area contributed by atoms with E-state index in [1.54, 1.807) is 12.1 Å². The van der Waals surface area contributed by atoms with Crippen LogP contribution in [-0.4, -0.2) is 35.7 Å². The van der Waals surface area contributed by atoms with Gasteiger partial charge in [0.05, 0.1) is 17.5 Å². The van der Waals surface area contributed by atoms with Gasteiger partial charge in [-0.3, -0.25) is 0 Å². The highest BCUT2D eigenvalue weighted by molar-refractivity contribution is 7.89. The number of hydrogen-bond donors (Lipinski definition) is 1. The van der Waals surface area contributed by atoms with Gasteiger partial charge in [0.2, 0.25) is 10.0 Å². The average Bonchev–Trinajstić information content (AvgIpc) is 2.42. The van der Waals surface area contributed by atoms with Crippen molar-refractivity contribution in [3.8, 4) is 0 Å². The summed E-state index contributed by atoms with van der Waals surface area (Å²) in [6.45, 7) is 12.3. The molecule has 1 aromatic carbocycles. The second kappa shape index (κ2) is 7.25. The molecule has 0 heterocycles. The highest BCUT2D eigenvalue weighted by atomic mass is 32.2. The molecule has 0 unspecified atom stereocenters. The van der Waals surface area contributed by atoms with E-state index < -0.39 is 24.4 Å². The van der Waals surface area contributed by atoms with Crippen molar-refractivity contribution in [2.24, 2.45) is 0 Å². The number of aryl methyl sites for hydroxylation is 1. The van der Waals surface area contributed by atoms with Crippen molar-refractivity contribution in [2.75, 3.05) is 6.61 Å². The highest BCUT2D eigenvalue weighted by Crippen LogP contribution is 2.36. The van der Waals surface area contributed by atoms with Gasteiger partial charge in [-0.05, 0) is 37.2 Å². The molecular formula is C16H27NO4SSi. The zero-order chi connectivity index (χ0) is 17.9. The molecule has 0 spiro atoms. The third kappa shape index (κ3) is 5.52. The third-order valence-electron chi connectivity index (χ3n) is 4.23. The molecule has 0 bridgehead atoms. The van der Waals surface area contributed by atoms with Gasteiger partial charge >= 0.3 is 0 Å². The van der Waals surface area contributed by atoms with Crippen LogP contribution in [-0.2, 0) is 19.2 Å². The molecule has 130 valence electrons. The fourth-order valence-corrected chi connectivity index (χ4v) is 3.78. The number of benzene rings is 1. The SMILES string of the molecule is Cc1ccc(S(=O)(=O)N[C@H](C=O)CO[Si](C)(C)C(C)(C)C)cc1. The van der Waals surface area contributed by atoms with Gasteiger partial charge < -0.3 is 9.22 Å². The maximum atomic E-state index is 12.3. The summed E-state index contributed by atoms with van der Waals surface area (Å²) in [4.78, 5) is 11.4. The Kier molecular flexibility index (Phi) is 6.31. The molecule has 23 heavy (non-hydrogen) atoms. The summed E-state index contributed by atoms with van der Waals surface area (Å²) < 4.78 is 33.0. The molecule has 0 fully saturated rings. The molecule has 0 aliphatic rings. The van der Waals surface area contributed by atoms with Crippen molar-refractivity contribution in [3.05, 3.63) is 29.8 Å². The lowest BCUT2D eigenvalue weighted by Crippen LogP contribution is -2.46. The first-order valence-electron chi connectivity index (χ1n) is 7.57. The first-order valence-corrected chi connectivity index (χ1v) is 12.0. The maximum absolute atomic E-state index is 12.3. The molecule has 1 rings (SSSR count). The molecule has 5 nitrogen and oxygen atoms in total. The second-order valence-corrected chi connectivity index (χ2v) is 13.8. The molecule has 1 N–H and O–H groups in total. The molecule has 1 aromatic rings. The Morgan fingerprint density at radius 3 is 2.17 bits per heavy atom. The summed E-state index contributed by atoms with van der Waals surface area (Å²) in [5.74, 6) is 0. The Labute approximate surface area is 140 Å². The minimum absolute atomic E-state index is 0.00370. The number of aldehydes is 1. The Morgan fingerprint density at radius 2 is 1.74 bits per heavy atom. The van der Waals surface area contributed by atoms with Gasteiger partial charge in [0, 0.05) is 0 Å². The fraction of sp³-hybridized carbons (Fsp3) is 0.562. The zero-order valence-corrected chi connectivity index (χ0v) is 16.5. The Bertz CT molecular complexity index is 633. The standard InChI is InChI=1S/C16H27NO4SSi/c1-13-7-9-15(10-8-13)22(19,20)17-14(11-18)12-21-23(5,6)16(2,3)4/h7-11,14,17H,12H2,1-6H3/t14-/m1/s1. The molecule has 1 atom stereocenters. The van der Waals surface area contributed by atoms with E-state index >= 15 is 0 Å². The van der Waals surface area contributed by atoms with E-state index in [9.17, 15) is 13.2 Å². The van der Waals surface area contributed by atoms with Gasteiger partial charge in [0.1, 0.15) is 6.29 Å². The van der Waals surface area contributed by atoms with Crippen LogP contribution in [0.1, 0.15) is 26.3 Å². The second-order valence-electron chi connectivity index (χ2n) is 7.25. The summed E-state index contributed by atoms with van der Waals surface area (Å²) >= 11 is 0. The molecule has 0 radical (unpaired) electrons. The topological polar surface area (TPSA) is 72.5 Å². The van der Waals surface area contributed by atoms with Crippen LogP contribution in [0.15, 0.2) is 29.2 Å². The van der Waals surface area contributed by atoms with Gasteiger partial charge in [0.15, 0.2) is 8.32 Å². The van der Waals surface area contributed by atoms with Crippen LogP contribution in [0.25, 0.3) is 0 Å². The number of hydrogen-bond acceptors (Lipinski definition) is 4. The lowest BCUT2D eigenvalue weighted by atomic mass is 10.2. The molecule has 0 saturated heterocycles. The Balaban J connectivity index is 2.80. The van der Waals surface area contributed by atoms with Gasteiger partial charge in [-0.1, -0.05) is 38.5 Å². The van der Waals surface area contributed by atoms with Crippen LogP contribution in [0.3, 0.4) is 0 Å². The maximum Gasteiger partial charge on any atom is 0.241 e. The van der Waals surface area contributed by atoms with E-state index in [1.807, 2.05) is 6.92 Å². The predicted molar refractivity (Wildman–Crippen MR) is 94.5 cm³/mol. The number of sulfonamides is 1. The van der Waals surface area contributed by atoms with E-state index in [0.717, 1.165) is 5.56 Å². The first kappa shape index (κ1) is 20.0. The van der Waals surface area contributed by atoms with Crippen molar-refractivity contribution >= 4 is 24.6 Å². The predicted octanol–water partition coefficient (Wildman–Crippen LogP) is 2.86. The smallest absolute Gasteiger partial charge is 0.241 e. The van der Waals surface area contributed by atoms with Gasteiger partial charge in [-0.25, -0.2) is 8.42 Å². The fourth-order valence-electron chi connectivity index (χ4n) is 1.60. The highest BCUT2D eigenvalue weighted by Gasteiger charge is 2.37. The first-order chi connectivity index (χ1) is 10.4. The van der Waals surface area contributed by atoms with Gasteiger partial charge in [-0.2, -0.15) is 4.72 Å². The van der Waals surface area contributed by atoms with Crippen LogP contribution in [0, 0.1) is 6.92 Å². The summed E-state index contributed by atoms with van der Waals surface area (Å²) in [5.41, 5.74) is 0.970. The zero-order valence-electron chi connectivity index (χ0n) is 14.7. The Hall–Kier alpha value is -1.02. The molecular weight excluding hydrogens is 330 g/mol. The average molecular weight is 358 g/mol. The van der Waals surface area contributed by atoms with Gasteiger partial charge in [0.25, 0.3) is 0 Å². The van der Waals surface area contributed by atoms with Crippen LogP contribution in [0.2, 0.25) is 18.1 Å². The summed E-state index contributed by atoms with van der Waals surface area (Å²) in [7, 11) is -5.78. The van der Waals surface area contributed by atoms with E-state index in [2.05, 4.69) is 38.6 Å². The minimum atomic E-state index is -3.74. The summed E-state index contributed by atoms with van der Waals surface area (Å²) in [6.07, 6.45) is 0.582. The minimum Gasteiger partial charge on any atom is -0.415 e. The van der Waals surface area contributed by atoms with Crippen LogP contribution < -0.4 is 4.72 Å². The molecule has 0 aliphatic heterocycles. The molecule has 7 heteroatoms. The summed E-state index contributed by atoms with van der Waals surface area (Å²) in [5, 5.41) is -0.00370. The Morgan fingerprint density at radius 1 is 1.22 bits per heavy atom. The number of rotatable bonds is 7. The van der Waals surface area contributed by atoms with Crippen molar-refractivity contribution in [1.82, 2.24) is 4.72 Å². The van der Waals surface area contributed by atoms with E-state index in [-0.39, 0.29) is 16.5 Å². The van der Waals surface area contributed by atoms with Gasteiger partial charge in [-0.15, -0.1) is 0 Å². The molecule has 0 aliphatic carbocycles. The third-order valence-corrected chi connectivity index (χ3v) is 10.2. The molecule has 0 amide bonds. The lowest BCUT2D eigenvalue weighted by Gasteiger charge is -2.36. The number of nitrogens with one attached hydrogen (secondary N) is 1. The van der Waals surface area contributed by atoms with Crippen LogP contribution >= 0.6 is 0 Å².